The lowest BCUT2D eigenvalue weighted by Crippen LogP contribution is -2.46. The number of H-pyrrole nitrogens is 1. The molecule has 0 aliphatic carbocycles. The Labute approximate surface area is 185 Å². The number of nitrogens with one attached hydrogen (secondary N) is 2. The standard InChI is InChI=1S/C23H26N4O5/c1-30-19-11-15(12-20(31-2)21(19)32-3)23(29)27-8-6-16(7-9-27)26-22(28)14-4-5-17-18(10-14)25-13-24-17/h4-5,10-13,16H,6-9H2,1-3H3,(H,24,25)(H,26,28). The van der Waals surface area contributed by atoms with Gasteiger partial charge in [0.05, 0.1) is 38.7 Å². The third-order valence-corrected chi connectivity index (χ3v) is 5.71. The second kappa shape index (κ2) is 9.17. The highest BCUT2D eigenvalue weighted by Crippen LogP contribution is 2.38. The number of aromatic nitrogens is 2. The van der Waals surface area contributed by atoms with Gasteiger partial charge in [0.15, 0.2) is 11.5 Å². The van der Waals surface area contributed by atoms with Gasteiger partial charge in [0, 0.05) is 30.3 Å². The van der Waals surface area contributed by atoms with Crippen LogP contribution in [0, 0.1) is 0 Å². The topological polar surface area (TPSA) is 106 Å². The number of hydrogen-bond acceptors (Lipinski definition) is 6. The Balaban J connectivity index is 1.39. The molecule has 2 N–H and O–H groups in total. The van der Waals surface area contributed by atoms with Crippen molar-refractivity contribution in [2.75, 3.05) is 34.4 Å². The number of amides is 2. The Bertz CT molecular complexity index is 1110. The molecule has 32 heavy (non-hydrogen) atoms. The third kappa shape index (κ3) is 4.18. The Kier molecular flexibility index (Phi) is 6.16. The van der Waals surface area contributed by atoms with E-state index >= 15 is 0 Å². The molecule has 1 aromatic heterocycles. The van der Waals surface area contributed by atoms with Gasteiger partial charge in [-0.25, -0.2) is 4.98 Å². The summed E-state index contributed by atoms with van der Waals surface area (Å²) in [6.45, 7) is 1.08. The number of benzene rings is 2. The largest absolute Gasteiger partial charge is 0.493 e. The molecule has 4 rings (SSSR count). The summed E-state index contributed by atoms with van der Waals surface area (Å²) in [6.07, 6.45) is 2.95. The number of piperidine rings is 1. The first-order valence-electron chi connectivity index (χ1n) is 10.4. The molecule has 2 amide bonds. The van der Waals surface area contributed by atoms with Crippen molar-refractivity contribution < 1.29 is 23.8 Å². The van der Waals surface area contributed by atoms with Gasteiger partial charge in [-0.1, -0.05) is 0 Å². The van der Waals surface area contributed by atoms with Crippen LogP contribution in [0.25, 0.3) is 11.0 Å². The van der Waals surface area contributed by atoms with Gasteiger partial charge in [0.25, 0.3) is 11.8 Å². The van der Waals surface area contributed by atoms with E-state index in [4.69, 9.17) is 14.2 Å². The van der Waals surface area contributed by atoms with Crippen molar-refractivity contribution in [2.45, 2.75) is 18.9 Å². The lowest BCUT2D eigenvalue weighted by molar-refractivity contribution is 0.0697. The highest BCUT2D eigenvalue weighted by atomic mass is 16.5. The number of hydrogen-bond donors (Lipinski definition) is 2. The smallest absolute Gasteiger partial charge is 0.254 e. The molecular weight excluding hydrogens is 412 g/mol. The summed E-state index contributed by atoms with van der Waals surface area (Å²) in [5.41, 5.74) is 2.69. The van der Waals surface area contributed by atoms with Gasteiger partial charge in [-0.3, -0.25) is 9.59 Å². The average molecular weight is 438 g/mol. The van der Waals surface area contributed by atoms with Crippen molar-refractivity contribution in [3.8, 4) is 17.2 Å². The summed E-state index contributed by atoms with van der Waals surface area (Å²) in [5, 5.41) is 3.08. The van der Waals surface area contributed by atoms with Crippen LogP contribution in [-0.4, -0.2) is 67.1 Å². The molecule has 0 saturated carbocycles. The molecule has 2 heterocycles. The highest BCUT2D eigenvalue weighted by molar-refractivity contribution is 5.98. The SMILES string of the molecule is COc1cc(C(=O)N2CCC(NC(=O)c3ccc4nc[nH]c4c3)CC2)cc(OC)c1OC. The summed E-state index contributed by atoms with van der Waals surface area (Å²) in [6, 6.07) is 8.69. The van der Waals surface area contributed by atoms with E-state index in [-0.39, 0.29) is 17.9 Å². The quantitative estimate of drug-likeness (QED) is 0.613. The number of aromatic amines is 1. The average Bonchev–Trinajstić information content (AvgIpc) is 3.31. The summed E-state index contributed by atoms with van der Waals surface area (Å²) in [7, 11) is 4.56. The molecule has 0 radical (unpaired) electrons. The number of rotatable bonds is 6. The van der Waals surface area contributed by atoms with E-state index < -0.39 is 0 Å². The maximum Gasteiger partial charge on any atom is 0.254 e. The minimum atomic E-state index is -0.129. The lowest BCUT2D eigenvalue weighted by Gasteiger charge is -2.32. The van der Waals surface area contributed by atoms with Crippen LogP contribution in [0.15, 0.2) is 36.7 Å². The maximum absolute atomic E-state index is 13.1. The van der Waals surface area contributed by atoms with Crippen LogP contribution in [0.1, 0.15) is 33.6 Å². The fraction of sp³-hybridized carbons (Fsp3) is 0.348. The molecular formula is C23H26N4O5. The van der Waals surface area contributed by atoms with Crippen molar-refractivity contribution in [3.05, 3.63) is 47.8 Å². The molecule has 0 bridgehead atoms. The van der Waals surface area contributed by atoms with E-state index in [0.29, 0.717) is 54.3 Å². The molecule has 0 unspecified atom stereocenters. The van der Waals surface area contributed by atoms with Gasteiger partial charge in [-0.15, -0.1) is 0 Å². The molecule has 0 atom stereocenters. The zero-order valence-electron chi connectivity index (χ0n) is 18.3. The molecule has 1 aliphatic heterocycles. The van der Waals surface area contributed by atoms with E-state index in [1.54, 1.807) is 35.5 Å². The first-order chi connectivity index (χ1) is 15.5. The van der Waals surface area contributed by atoms with E-state index in [9.17, 15) is 9.59 Å². The van der Waals surface area contributed by atoms with Gasteiger partial charge in [0.2, 0.25) is 5.75 Å². The first kappa shape index (κ1) is 21.5. The van der Waals surface area contributed by atoms with Crippen molar-refractivity contribution in [3.63, 3.8) is 0 Å². The summed E-state index contributed by atoms with van der Waals surface area (Å²) in [4.78, 5) is 34.7. The number of carbonyl (C=O) groups is 2. The van der Waals surface area contributed by atoms with Crippen LogP contribution in [0.4, 0.5) is 0 Å². The molecule has 1 saturated heterocycles. The number of ether oxygens (including phenoxy) is 3. The number of imidazole rings is 1. The van der Waals surface area contributed by atoms with Crippen molar-refractivity contribution in [1.82, 2.24) is 20.2 Å². The summed E-state index contributed by atoms with van der Waals surface area (Å²) >= 11 is 0. The number of nitrogens with zero attached hydrogens (tertiary/aromatic N) is 2. The molecule has 3 aromatic rings. The molecule has 168 valence electrons. The number of methoxy groups -OCH3 is 3. The van der Waals surface area contributed by atoms with Crippen LogP contribution < -0.4 is 19.5 Å². The van der Waals surface area contributed by atoms with Gasteiger partial charge in [-0.2, -0.15) is 0 Å². The van der Waals surface area contributed by atoms with E-state index in [2.05, 4.69) is 15.3 Å². The molecule has 0 spiro atoms. The highest BCUT2D eigenvalue weighted by Gasteiger charge is 2.26. The lowest BCUT2D eigenvalue weighted by atomic mass is 10.0. The zero-order valence-corrected chi connectivity index (χ0v) is 18.3. The van der Waals surface area contributed by atoms with Gasteiger partial charge in [0.1, 0.15) is 0 Å². The molecule has 1 fully saturated rings. The Morgan fingerprint density at radius 2 is 1.69 bits per heavy atom. The van der Waals surface area contributed by atoms with Crippen molar-refractivity contribution in [1.29, 1.82) is 0 Å². The Morgan fingerprint density at radius 1 is 1.00 bits per heavy atom. The number of likely N-dealkylation sites (tertiary alicyclic amines) is 1. The Hall–Kier alpha value is -3.75. The molecule has 9 heteroatoms. The summed E-state index contributed by atoms with van der Waals surface area (Å²) < 4.78 is 16.0. The van der Waals surface area contributed by atoms with Crippen LogP contribution >= 0.6 is 0 Å². The molecule has 1 aliphatic rings. The summed E-state index contributed by atoms with van der Waals surface area (Å²) in [5.74, 6) is 1.08. The second-order valence-electron chi connectivity index (χ2n) is 7.59. The van der Waals surface area contributed by atoms with E-state index in [1.165, 1.54) is 21.3 Å². The molecule has 9 nitrogen and oxygen atoms in total. The van der Waals surface area contributed by atoms with E-state index in [0.717, 1.165) is 11.0 Å². The van der Waals surface area contributed by atoms with Crippen LogP contribution in [0.3, 0.4) is 0 Å². The molecule has 2 aromatic carbocycles. The third-order valence-electron chi connectivity index (χ3n) is 5.71. The second-order valence-corrected chi connectivity index (χ2v) is 7.59. The Morgan fingerprint density at radius 3 is 2.31 bits per heavy atom. The van der Waals surface area contributed by atoms with Gasteiger partial charge >= 0.3 is 0 Å². The fourth-order valence-electron chi connectivity index (χ4n) is 3.96. The maximum atomic E-state index is 13.1. The van der Waals surface area contributed by atoms with Crippen LogP contribution in [-0.2, 0) is 0 Å². The normalized spacial score (nSPS) is 14.3. The first-order valence-corrected chi connectivity index (χ1v) is 10.4. The monoisotopic (exact) mass is 438 g/mol. The minimum absolute atomic E-state index is 0.00366. The number of carbonyl (C=O) groups excluding carboxylic acids is 2. The van der Waals surface area contributed by atoms with Crippen molar-refractivity contribution in [2.24, 2.45) is 0 Å². The van der Waals surface area contributed by atoms with Crippen LogP contribution in [0.2, 0.25) is 0 Å². The van der Waals surface area contributed by atoms with Crippen molar-refractivity contribution >= 4 is 22.8 Å². The van der Waals surface area contributed by atoms with Gasteiger partial charge in [-0.05, 0) is 43.2 Å². The van der Waals surface area contributed by atoms with Gasteiger partial charge < -0.3 is 29.4 Å². The minimum Gasteiger partial charge on any atom is -0.493 e. The predicted molar refractivity (Wildman–Crippen MR) is 119 cm³/mol. The zero-order chi connectivity index (χ0) is 22.7. The number of fused-ring (bicyclic) bond motifs is 1. The fourth-order valence-corrected chi connectivity index (χ4v) is 3.96. The predicted octanol–water partition coefficient (Wildman–Crippen LogP) is 2.62. The van der Waals surface area contributed by atoms with Crippen LogP contribution in [0.5, 0.6) is 17.2 Å². The van der Waals surface area contributed by atoms with E-state index in [1.807, 2.05) is 6.07 Å².